The van der Waals surface area contributed by atoms with E-state index in [1.165, 1.54) is 9.87 Å². The van der Waals surface area contributed by atoms with Gasteiger partial charge >= 0.3 is 0 Å². The molecule has 0 unspecified atom stereocenters. The van der Waals surface area contributed by atoms with Gasteiger partial charge in [0.1, 0.15) is 0 Å². The van der Waals surface area contributed by atoms with Crippen molar-refractivity contribution in [1.82, 2.24) is 14.5 Å². The maximum Gasteiger partial charge on any atom is 0.243 e. The number of hydrogen-bond donors (Lipinski definition) is 1. The first-order valence-corrected chi connectivity index (χ1v) is 10.6. The Kier molecular flexibility index (Phi) is 4.33. The molecule has 1 amide bonds. The Morgan fingerprint density at radius 1 is 1.12 bits per heavy atom. The quantitative estimate of drug-likeness (QED) is 0.855. The van der Waals surface area contributed by atoms with Crippen LogP contribution in [-0.2, 0) is 27.7 Å². The van der Waals surface area contributed by atoms with Crippen LogP contribution in [0.25, 0.3) is 0 Å². The predicted molar refractivity (Wildman–Crippen MR) is 94.8 cm³/mol. The Morgan fingerprint density at radius 3 is 2.72 bits per heavy atom. The molecule has 2 fully saturated rings. The van der Waals surface area contributed by atoms with Crippen LogP contribution in [-0.4, -0.2) is 62.3 Å². The highest BCUT2D eigenvalue weighted by Gasteiger charge is 2.39. The average molecular weight is 363 g/mol. The summed E-state index contributed by atoms with van der Waals surface area (Å²) in [6.45, 7) is 4.88. The van der Waals surface area contributed by atoms with E-state index in [1.807, 2.05) is 12.1 Å². The second kappa shape index (κ2) is 6.37. The van der Waals surface area contributed by atoms with Crippen LogP contribution in [0.1, 0.15) is 24.5 Å². The number of likely N-dealkylation sites (N-methyl/N-ethyl adjacent to an activating group) is 1. The molecular weight excluding hydrogens is 338 g/mol. The van der Waals surface area contributed by atoms with Gasteiger partial charge < -0.3 is 10.2 Å². The monoisotopic (exact) mass is 363 g/mol. The molecule has 1 aromatic rings. The average Bonchev–Trinajstić information content (AvgIpc) is 2.91. The van der Waals surface area contributed by atoms with Crippen molar-refractivity contribution >= 4 is 15.9 Å². The standard InChI is InChI=1S/C18H25N3O3S/c1-2-20-9-15-10-21(12-16(11-20)19-18(15)22)25(23,24)17-7-6-13-4-3-5-14(13)8-17/h6-8,15-16H,2-5,9-12H2,1H3,(H,19,22)/t15-,16+/m1/s1. The maximum atomic E-state index is 13.2. The van der Waals surface area contributed by atoms with E-state index in [2.05, 4.69) is 17.1 Å². The Labute approximate surface area is 149 Å². The Morgan fingerprint density at radius 2 is 1.92 bits per heavy atom. The van der Waals surface area contributed by atoms with E-state index in [1.54, 1.807) is 6.07 Å². The number of nitrogens with zero attached hydrogens (tertiary/aromatic N) is 2. The number of nitrogens with one attached hydrogen (secondary N) is 1. The van der Waals surface area contributed by atoms with E-state index >= 15 is 0 Å². The predicted octanol–water partition coefficient (Wildman–Crippen LogP) is 0.616. The van der Waals surface area contributed by atoms with Crippen molar-refractivity contribution in [1.29, 1.82) is 0 Å². The highest BCUT2D eigenvalue weighted by Crippen LogP contribution is 2.28. The van der Waals surface area contributed by atoms with Gasteiger partial charge in [0, 0.05) is 26.2 Å². The molecule has 1 aliphatic carbocycles. The summed E-state index contributed by atoms with van der Waals surface area (Å²) in [5.74, 6) is -0.329. The minimum absolute atomic E-state index is 0.0207. The molecule has 6 nitrogen and oxygen atoms in total. The van der Waals surface area contributed by atoms with Crippen molar-refractivity contribution in [3.63, 3.8) is 0 Å². The number of benzene rings is 1. The maximum absolute atomic E-state index is 13.2. The second-order valence-corrected chi connectivity index (χ2v) is 9.30. The molecule has 2 bridgehead atoms. The van der Waals surface area contributed by atoms with Gasteiger partial charge in [-0.1, -0.05) is 13.0 Å². The van der Waals surface area contributed by atoms with Crippen LogP contribution in [0, 0.1) is 5.92 Å². The van der Waals surface area contributed by atoms with Crippen molar-refractivity contribution < 1.29 is 13.2 Å². The fourth-order valence-electron chi connectivity index (χ4n) is 4.27. The lowest BCUT2D eigenvalue weighted by Crippen LogP contribution is -2.48. The van der Waals surface area contributed by atoms with Crippen LogP contribution < -0.4 is 5.32 Å². The SMILES string of the molecule is CCN1C[C@H]2CN(S(=O)(=O)c3ccc4c(c3)CCC4)C[C@@H](C1)C(=O)N2. The molecule has 136 valence electrons. The molecular formula is C18H25N3O3S. The lowest BCUT2D eigenvalue weighted by molar-refractivity contribution is -0.124. The van der Waals surface area contributed by atoms with E-state index in [9.17, 15) is 13.2 Å². The van der Waals surface area contributed by atoms with Crippen LogP contribution >= 0.6 is 0 Å². The van der Waals surface area contributed by atoms with Crippen LogP contribution in [0.5, 0.6) is 0 Å². The minimum Gasteiger partial charge on any atom is -0.350 e. The van der Waals surface area contributed by atoms with Gasteiger partial charge in [-0.05, 0) is 49.1 Å². The molecule has 25 heavy (non-hydrogen) atoms. The molecule has 0 aromatic heterocycles. The van der Waals surface area contributed by atoms with Crippen LogP contribution in [0.15, 0.2) is 23.1 Å². The van der Waals surface area contributed by atoms with Gasteiger partial charge in [-0.25, -0.2) is 8.42 Å². The van der Waals surface area contributed by atoms with Crippen molar-refractivity contribution in [2.45, 2.75) is 37.1 Å². The Bertz CT molecular complexity index is 793. The fraction of sp³-hybridized carbons (Fsp3) is 0.611. The first kappa shape index (κ1) is 17.0. The molecule has 2 aliphatic heterocycles. The number of amides is 1. The smallest absolute Gasteiger partial charge is 0.243 e. The third-order valence-electron chi connectivity index (χ3n) is 5.68. The van der Waals surface area contributed by atoms with Gasteiger partial charge in [0.25, 0.3) is 0 Å². The van der Waals surface area contributed by atoms with Crippen molar-refractivity contribution in [3.05, 3.63) is 29.3 Å². The lowest BCUT2D eigenvalue weighted by atomic mass is 10.1. The van der Waals surface area contributed by atoms with Gasteiger partial charge in [0.15, 0.2) is 0 Å². The zero-order chi connectivity index (χ0) is 17.6. The summed E-state index contributed by atoms with van der Waals surface area (Å²) in [7, 11) is -3.57. The molecule has 2 heterocycles. The topological polar surface area (TPSA) is 69.7 Å². The summed E-state index contributed by atoms with van der Waals surface area (Å²) in [4.78, 5) is 15.0. The molecule has 0 spiro atoms. The Hall–Kier alpha value is -1.44. The van der Waals surface area contributed by atoms with E-state index < -0.39 is 10.0 Å². The highest BCUT2D eigenvalue weighted by atomic mass is 32.2. The number of aryl methyl sites for hydroxylation is 2. The summed E-state index contributed by atoms with van der Waals surface area (Å²) in [6.07, 6.45) is 3.09. The Balaban J connectivity index is 1.64. The number of hydrogen-bond acceptors (Lipinski definition) is 4. The van der Waals surface area contributed by atoms with Crippen LogP contribution in [0.4, 0.5) is 0 Å². The van der Waals surface area contributed by atoms with Gasteiger partial charge in [0.05, 0.1) is 16.9 Å². The number of carbonyl (C=O) groups is 1. The molecule has 0 saturated carbocycles. The zero-order valence-electron chi connectivity index (χ0n) is 14.6. The molecule has 2 atom stereocenters. The number of sulfonamides is 1. The highest BCUT2D eigenvalue weighted by molar-refractivity contribution is 7.89. The van der Waals surface area contributed by atoms with Crippen molar-refractivity contribution in [3.8, 4) is 0 Å². The van der Waals surface area contributed by atoms with Crippen LogP contribution in [0.3, 0.4) is 0 Å². The summed E-state index contributed by atoms with van der Waals surface area (Å²) in [5.41, 5.74) is 2.42. The normalized spacial score (nSPS) is 27.6. The van der Waals surface area contributed by atoms with Crippen molar-refractivity contribution in [2.75, 3.05) is 32.7 Å². The largest absolute Gasteiger partial charge is 0.350 e. The summed E-state index contributed by atoms with van der Waals surface area (Å²) < 4.78 is 27.9. The zero-order valence-corrected chi connectivity index (χ0v) is 15.4. The first-order valence-electron chi connectivity index (χ1n) is 9.12. The third-order valence-corrected chi connectivity index (χ3v) is 7.50. The fourth-order valence-corrected chi connectivity index (χ4v) is 5.85. The number of carbonyl (C=O) groups excluding carboxylic acids is 1. The third kappa shape index (κ3) is 3.09. The number of fused-ring (bicyclic) bond motifs is 4. The van der Waals surface area contributed by atoms with Gasteiger partial charge in [0.2, 0.25) is 15.9 Å². The van der Waals surface area contributed by atoms with Gasteiger partial charge in [-0.2, -0.15) is 4.31 Å². The van der Waals surface area contributed by atoms with E-state index in [4.69, 9.17) is 0 Å². The van der Waals surface area contributed by atoms with Gasteiger partial charge in [-0.3, -0.25) is 4.79 Å². The molecule has 1 aromatic carbocycles. The van der Waals surface area contributed by atoms with Gasteiger partial charge in [-0.15, -0.1) is 0 Å². The van der Waals surface area contributed by atoms with E-state index in [-0.39, 0.29) is 24.4 Å². The molecule has 7 heteroatoms. The lowest BCUT2D eigenvalue weighted by Gasteiger charge is -2.32. The first-order chi connectivity index (χ1) is 12.0. The second-order valence-electron chi connectivity index (χ2n) is 7.36. The summed E-state index contributed by atoms with van der Waals surface area (Å²) in [5, 5.41) is 3.01. The van der Waals surface area contributed by atoms with Crippen molar-refractivity contribution in [2.24, 2.45) is 5.92 Å². The number of rotatable bonds is 3. The van der Waals surface area contributed by atoms with E-state index in [0.717, 1.165) is 31.4 Å². The summed E-state index contributed by atoms with van der Waals surface area (Å²) in [6, 6.07) is 5.37. The summed E-state index contributed by atoms with van der Waals surface area (Å²) >= 11 is 0. The van der Waals surface area contributed by atoms with E-state index in [0.29, 0.717) is 24.5 Å². The molecule has 2 saturated heterocycles. The molecule has 4 rings (SSSR count). The molecule has 0 radical (unpaired) electrons. The minimum atomic E-state index is -3.57. The molecule has 3 aliphatic rings. The van der Waals surface area contributed by atoms with Crippen LogP contribution in [0.2, 0.25) is 0 Å². The molecule has 1 N–H and O–H groups in total.